The van der Waals surface area contributed by atoms with Crippen LogP contribution in [0.25, 0.3) is 0 Å². The van der Waals surface area contributed by atoms with E-state index < -0.39 is 12.2 Å². The summed E-state index contributed by atoms with van der Waals surface area (Å²) < 4.78 is 11.3. The van der Waals surface area contributed by atoms with E-state index in [1.807, 2.05) is 6.07 Å². The molecule has 1 aliphatic rings. The predicted octanol–water partition coefficient (Wildman–Crippen LogP) is 4.10. The zero-order chi connectivity index (χ0) is 23.4. The first kappa shape index (κ1) is 21.8. The van der Waals surface area contributed by atoms with Gasteiger partial charge in [0, 0.05) is 30.7 Å². The van der Waals surface area contributed by atoms with Gasteiger partial charge in [0.25, 0.3) is 5.91 Å². The van der Waals surface area contributed by atoms with E-state index in [0.717, 1.165) is 0 Å². The molecule has 166 valence electrons. The van der Waals surface area contributed by atoms with Crippen molar-refractivity contribution in [3.63, 3.8) is 0 Å². The van der Waals surface area contributed by atoms with Gasteiger partial charge in [0.05, 0.1) is 5.56 Å². The molecule has 0 bridgehead atoms. The average Bonchev–Trinajstić information content (AvgIpc) is 3.26. The molecule has 1 heterocycles. The summed E-state index contributed by atoms with van der Waals surface area (Å²) in [5, 5.41) is 8.37. The highest BCUT2D eigenvalue weighted by molar-refractivity contribution is 6.04. The fraction of sp³-hybridized carbons (Fsp3) is 0.120. The van der Waals surface area contributed by atoms with Gasteiger partial charge in [-0.25, -0.2) is 0 Å². The van der Waals surface area contributed by atoms with Gasteiger partial charge in [-0.1, -0.05) is 42.5 Å². The summed E-state index contributed by atoms with van der Waals surface area (Å²) in [5.74, 6) is -0.653. The number of esters is 1. The van der Waals surface area contributed by atoms with Crippen LogP contribution in [0.3, 0.4) is 0 Å². The maximum Gasteiger partial charge on any atom is 0.308 e. The van der Waals surface area contributed by atoms with Crippen LogP contribution in [-0.4, -0.2) is 28.7 Å². The molecule has 0 saturated heterocycles. The van der Waals surface area contributed by atoms with Crippen molar-refractivity contribution in [3.8, 4) is 5.75 Å². The van der Waals surface area contributed by atoms with Crippen LogP contribution >= 0.6 is 0 Å². The zero-order valence-electron chi connectivity index (χ0n) is 18.0. The minimum absolute atomic E-state index is 0.144. The third-order valence-electron chi connectivity index (χ3n) is 4.80. The van der Waals surface area contributed by atoms with Crippen molar-refractivity contribution in [3.05, 3.63) is 95.6 Å². The molecule has 0 spiro atoms. The Labute approximate surface area is 190 Å². The average molecular weight is 443 g/mol. The fourth-order valence-corrected chi connectivity index (χ4v) is 3.34. The standard InChI is InChI=1S/C25H21N3O5/c1-16(29)28-25(33-24(27-28)21-13-6-7-14-22(21)32-17(2)30)19-11-8-12-20(15-19)26-23(31)18-9-4-3-5-10-18/h3-15,25H,1-2H3,(H,26,31). The maximum atomic E-state index is 12.5. The Kier molecular flexibility index (Phi) is 6.17. The molecular formula is C25H21N3O5. The van der Waals surface area contributed by atoms with Gasteiger partial charge in [-0.05, 0) is 36.4 Å². The summed E-state index contributed by atoms with van der Waals surface area (Å²) in [6.45, 7) is 2.68. The smallest absolute Gasteiger partial charge is 0.308 e. The number of rotatable bonds is 5. The highest BCUT2D eigenvalue weighted by Crippen LogP contribution is 2.33. The van der Waals surface area contributed by atoms with Crippen molar-refractivity contribution in [2.24, 2.45) is 5.10 Å². The molecule has 1 N–H and O–H groups in total. The number of ether oxygens (including phenoxy) is 2. The molecule has 1 unspecified atom stereocenters. The van der Waals surface area contributed by atoms with Crippen molar-refractivity contribution in [2.75, 3.05) is 5.32 Å². The molecule has 0 aliphatic carbocycles. The summed E-state index contributed by atoms with van der Waals surface area (Å²) in [6.07, 6.45) is -0.850. The molecular weight excluding hydrogens is 422 g/mol. The van der Waals surface area contributed by atoms with Gasteiger partial charge in [-0.3, -0.25) is 14.4 Å². The Bertz CT molecular complexity index is 1240. The number of benzene rings is 3. The molecule has 2 amide bonds. The third-order valence-corrected chi connectivity index (χ3v) is 4.80. The van der Waals surface area contributed by atoms with Gasteiger partial charge >= 0.3 is 5.97 Å². The number of carbonyl (C=O) groups is 3. The molecule has 4 rings (SSSR count). The molecule has 8 heteroatoms. The summed E-state index contributed by atoms with van der Waals surface area (Å²) in [6, 6.07) is 22.6. The molecule has 0 fully saturated rings. The van der Waals surface area contributed by atoms with E-state index in [9.17, 15) is 14.4 Å². The van der Waals surface area contributed by atoms with Gasteiger partial charge in [0.2, 0.25) is 18.0 Å². The van der Waals surface area contributed by atoms with Crippen LogP contribution in [0.5, 0.6) is 5.75 Å². The number of nitrogens with one attached hydrogen (secondary N) is 1. The van der Waals surface area contributed by atoms with Crippen molar-refractivity contribution in [1.82, 2.24) is 5.01 Å². The van der Waals surface area contributed by atoms with Crippen LogP contribution in [0.2, 0.25) is 0 Å². The van der Waals surface area contributed by atoms with Gasteiger partial charge in [0.15, 0.2) is 0 Å². The van der Waals surface area contributed by atoms with Crippen LogP contribution in [0, 0.1) is 0 Å². The van der Waals surface area contributed by atoms with Crippen molar-refractivity contribution in [1.29, 1.82) is 0 Å². The lowest BCUT2D eigenvalue weighted by Crippen LogP contribution is -2.25. The number of amides is 2. The quantitative estimate of drug-likeness (QED) is 0.473. The van der Waals surface area contributed by atoms with E-state index in [-0.39, 0.29) is 23.5 Å². The normalized spacial score (nSPS) is 14.8. The molecule has 3 aromatic rings. The zero-order valence-corrected chi connectivity index (χ0v) is 18.0. The first-order valence-corrected chi connectivity index (χ1v) is 10.2. The van der Waals surface area contributed by atoms with E-state index >= 15 is 0 Å². The molecule has 1 aliphatic heterocycles. The summed E-state index contributed by atoms with van der Waals surface area (Å²) in [7, 11) is 0. The summed E-state index contributed by atoms with van der Waals surface area (Å²) in [5.41, 5.74) is 2.12. The van der Waals surface area contributed by atoms with E-state index in [1.54, 1.807) is 72.8 Å². The monoisotopic (exact) mass is 443 g/mol. The van der Waals surface area contributed by atoms with Crippen LogP contribution in [-0.2, 0) is 14.3 Å². The maximum absolute atomic E-state index is 12.5. The first-order chi connectivity index (χ1) is 15.9. The predicted molar refractivity (Wildman–Crippen MR) is 121 cm³/mol. The van der Waals surface area contributed by atoms with Crippen LogP contribution in [0.15, 0.2) is 84.0 Å². The van der Waals surface area contributed by atoms with Crippen molar-refractivity contribution < 1.29 is 23.9 Å². The Morgan fingerprint density at radius 3 is 2.39 bits per heavy atom. The Hall–Kier alpha value is -4.46. The number of hydrogen-bond acceptors (Lipinski definition) is 6. The second kappa shape index (κ2) is 9.35. The van der Waals surface area contributed by atoms with E-state index in [4.69, 9.17) is 9.47 Å². The van der Waals surface area contributed by atoms with Crippen LogP contribution < -0.4 is 10.1 Å². The Morgan fingerprint density at radius 2 is 1.67 bits per heavy atom. The van der Waals surface area contributed by atoms with Crippen LogP contribution in [0.1, 0.15) is 41.6 Å². The van der Waals surface area contributed by atoms with Gasteiger partial charge in [-0.2, -0.15) is 5.01 Å². The topological polar surface area (TPSA) is 97.3 Å². The van der Waals surface area contributed by atoms with Gasteiger partial charge in [-0.15, -0.1) is 5.10 Å². The lowest BCUT2D eigenvalue weighted by atomic mass is 10.1. The van der Waals surface area contributed by atoms with Gasteiger partial charge < -0.3 is 14.8 Å². The molecule has 0 saturated carbocycles. The second-order valence-corrected chi connectivity index (χ2v) is 7.27. The minimum Gasteiger partial charge on any atom is -0.446 e. The number of nitrogens with zero attached hydrogens (tertiary/aromatic N) is 2. The SMILES string of the molecule is CC(=O)Oc1ccccc1C1=NN(C(C)=O)C(c2cccc(NC(=O)c3ccccc3)c2)O1. The number of para-hydroxylation sites is 1. The molecule has 1 atom stereocenters. The molecule has 0 aromatic heterocycles. The lowest BCUT2D eigenvalue weighted by molar-refractivity contribution is -0.135. The fourth-order valence-electron chi connectivity index (χ4n) is 3.34. The van der Waals surface area contributed by atoms with E-state index in [1.165, 1.54) is 18.9 Å². The third kappa shape index (κ3) is 4.90. The minimum atomic E-state index is -0.850. The Balaban J connectivity index is 1.60. The molecule has 0 radical (unpaired) electrons. The van der Waals surface area contributed by atoms with E-state index in [2.05, 4.69) is 10.4 Å². The second-order valence-electron chi connectivity index (χ2n) is 7.27. The first-order valence-electron chi connectivity index (χ1n) is 10.2. The number of hydrazone groups is 1. The number of hydrogen-bond donors (Lipinski definition) is 1. The highest BCUT2D eigenvalue weighted by Gasteiger charge is 2.34. The largest absolute Gasteiger partial charge is 0.446 e. The van der Waals surface area contributed by atoms with Crippen molar-refractivity contribution >= 4 is 29.4 Å². The number of anilines is 1. The van der Waals surface area contributed by atoms with Crippen LogP contribution in [0.4, 0.5) is 5.69 Å². The lowest BCUT2D eigenvalue weighted by Gasteiger charge is -2.20. The highest BCUT2D eigenvalue weighted by atomic mass is 16.5. The molecule has 33 heavy (non-hydrogen) atoms. The molecule has 8 nitrogen and oxygen atoms in total. The Morgan fingerprint density at radius 1 is 0.939 bits per heavy atom. The van der Waals surface area contributed by atoms with E-state index in [0.29, 0.717) is 22.4 Å². The summed E-state index contributed by atoms with van der Waals surface area (Å²) in [4.78, 5) is 36.3. The van der Waals surface area contributed by atoms with Crippen molar-refractivity contribution in [2.45, 2.75) is 20.1 Å². The summed E-state index contributed by atoms with van der Waals surface area (Å²) >= 11 is 0. The van der Waals surface area contributed by atoms with Gasteiger partial charge in [0.1, 0.15) is 5.75 Å². The molecule has 3 aromatic carbocycles. The number of carbonyl (C=O) groups excluding carboxylic acids is 3.